The van der Waals surface area contributed by atoms with Crippen molar-refractivity contribution >= 4 is 43.8 Å². The van der Waals surface area contributed by atoms with Crippen LogP contribution in [0.5, 0.6) is 0 Å². The first-order valence-corrected chi connectivity index (χ1v) is 8.57. The molecule has 0 bridgehead atoms. The summed E-state index contributed by atoms with van der Waals surface area (Å²) in [6, 6.07) is 6.41. The molecule has 0 radical (unpaired) electrons. The minimum atomic E-state index is -3.37. The maximum absolute atomic E-state index is 12.1. The molecular weight excluding hydrogens is 312 g/mol. The average molecular weight is 326 g/mol. The number of hydrogen-bond acceptors (Lipinski definition) is 6. The predicted octanol–water partition coefficient (Wildman–Crippen LogP) is 1.66. The van der Waals surface area contributed by atoms with Gasteiger partial charge in [0.25, 0.3) is 5.91 Å². The number of benzene rings is 1. The van der Waals surface area contributed by atoms with E-state index in [0.717, 1.165) is 17.6 Å². The van der Waals surface area contributed by atoms with Gasteiger partial charge in [-0.2, -0.15) is 0 Å². The Kier molecular flexibility index (Phi) is 4.14. The summed E-state index contributed by atoms with van der Waals surface area (Å²) in [7, 11) is -3.37. The van der Waals surface area contributed by atoms with E-state index in [2.05, 4.69) is 15.0 Å². The lowest BCUT2D eigenvalue weighted by Crippen LogP contribution is -2.13. The smallest absolute Gasteiger partial charge is 0.267 e. The van der Waals surface area contributed by atoms with Gasteiger partial charge in [-0.1, -0.05) is 17.4 Å². The van der Waals surface area contributed by atoms with Gasteiger partial charge in [-0.25, -0.2) is 13.4 Å². The fourth-order valence-corrected chi connectivity index (χ4v) is 2.97. The number of thiazole rings is 1. The Labute approximate surface area is 126 Å². The zero-order valence-corrected chi connectivity index (χ0v) is 13.0. The van der Waals surface area contributed by atoms with E-state index in [4.69, 9.17) is 5.73 Å². The summed E-state index contributed by atoms with van der Waals surface area (Å²) in [5, 5.41) is 3.00. The second kappa shape index (κ2) is 5.70. The molecule has 0 spiro atoms. The first-order chi connectivity index (χ1) is 9.74. The number of hydrogen-bond donors (Lipinski definition) is 3. The van der Waals surface area contributed by atoms with Crippen LogP contribution >= 0.6 is 11.3 Å². The van der Waals surface area contributed by atoms with Gasteiger partial charge in [0.15, 0.2) is 5.13 Å². The highest BCUT2D eigenvalue weighted by atomic mass is 32.2. The molecule has 7 nitrogen and oxygen atoms in total. The number of rotatable bonds is 4. The van der Waals surface area contributed by atoms with Crippen LogP contribution in [0.1, 0.15) is 15.4 Å². The fraction of sp³-hybridized carbons (Fsp3) is 0.167. The number of nitrogens with zero attached hydrogens (tertiary/aromatic N) is 1. The highest BCUT2D eigenvalue weighted by molar-refractivity contribution is 7.92. The average Bonchev–Trinajstić information content (AvgIpc) is 2.66. The van der Waals surface area contributed by atoms with E-state index >= 15 is 0 Å². The van der Waals surface area contributed by atoms with Crippen LogP contribution in [-0.2, 0) is 10.0 Å². The van der Waals surface area contributed by atoms with Gasteiger partial charge in [-0.3, -0.25) is 9.52 Å². The Bertz CT molecular complexity index is 784. The highest BCUT2D eigenvalue weighted by Gasteiger charge is 2.14. The second-order valence-electron chi connectivity index (χ2n) is 4.38. The molecule has 0 aliphatic carbocycles. The number of sulfonamides is 1. The minimum Gasteiger partial charge on any atom is -0.375 e. The van der Waals surface area contributed by atoms with Gasteiger partial charge in [0, 0.05) is 5.69 Å². The predicted molar refractivity (Wildman–Crippen MR) is 84.1 cm³/mol. The van der Waals surface area contributed by atoms with Crippen LogP contribution in [0.3, 0.4) is 0 Å². The van der Waals surface area contributed by atoms with Gasteiger partial charge in [0.05, 0.1) is 17.6 Å². The number of amides is 1. The number of nitrogens with one attached hydrogen (secondary N) is 2. The van der Waals surface area contributed by atoms with Crippen molar-refractivity contribution in [2.75, 3.05) is 22.0 Å². The van der Waals surface area contributed by atoms with Crippen LogP contribution in [0.15, 0.2) is 24.3 Å². The quantitative estimate of drug-likeness (QED) is 0.790. The topological polar surface area (TPSA) is 114 Å². The summed E-state index contributed by atoms with van der Waals surface area (Å²) in [6.45, 7) is 1.70. The number of carbonyl (C=O) groups is 1. The molecule has 4 N–H and O–H groups in total. The molecule has 1 heterocycles. The monoisotopic (exact) mass is 326 g/mol. The van der Waals surface area contributed by atoms with Crippen LogP contribution in [0, 0.1) is 6.92 Å². The third kappa shape index (κ3) is 4.17. The Balaban J connectivity index is 2.18. The van der Waals surface area contributed by atoms with Gasteiger partial charge in [0.2, 0.25) is 10.0 Å². The molecule has 2 aromatic rings. The summed E-state index contributed by atoms with van der Waals surface area (Å²) < 4.78 is 24.7. The maximum atomic E-state index is 12.1. The van der Waals surface area contributed by atoms with Crippen molar-refractivity contribution in [1.82, 2.24) is 4.98 Å². The summed E-state index contributed by atoms with van der Waals surface area (Å²) in [6.07, 6.45) is 1.06. The van der Waals surface area contributed by atoms with Crippen molar-refractivity contribution in [2.45, 2.75) is 6.92 Å². The lowest BCUT2D eigenvalue weighted by atomic mass is 10.2. The normalized spacial score (nSPS) is 11.1. The van der Waals surface area contributed by atoms with Gasteiger partial charge in [0.1, 0.15) is 4.88 Å². The van der Waals surface area contributed by atoms with E-state index in [9.17, 15) is 13.2 Å². The van der Waals surface area contributed by atoms with Gasteiger partial charge >= 0.3 is 0 Å². The molecule has 0 fully saturated rings. The van der Waals surface area contributed by atoms with Crippen molar-refractivity contribution in [1.29, 1.82) is 0 Å². The van der Waals surface area contributed by atoms with Crippen LogP contribution in [0.2, 0.25) is 0 Å². The van der Waals surface area contributed by atoms with Crippen LogP contribution in [-0.4, -0.2) is 25.6 Å². The van der Waals surface area contributed by atoms with E-state index < -0.39 is 10.0 Å². The fourth-order valence-electron chi connectivity index (χ4n) is 1.69. The largest absolute Gasteiger partial charge is 0.375 e. The van der Waals surface area contributed by atoms with Gasteiger partial charge < -0.3 is 11.1 Å². The van der Waals surface area contributed by atoms with Crippen LogP contribution in [0.4, 0.5) is 16.5 Å². The summed E-state index contributed by atoms with van der Waals surface area (Å²) in [5.41, 5.74) is 6.95. The summed E-state index contributed by atoms with van der Waals surface area (Å²) >= 11 is 1.10. The van der Waals surface area contributed by atoms with E-state index in [1.807, 2.05) is 0 Å². The number of anilines is 3. The molecule has 0 saturated carbocycles. The zero-order valence-electron chi connectivity index (χ0n) is 11.4. The molecule has 0 aliphatic rings. The third-order valence-corrected chi connectivity index (χ3v) is 4.03. The number of nitrogen functional groups attached to an aromatic ring is 1. The second-order valence-corrected chi connectivity index (χ2v) is 7.15. The Morgan fingerprint density at radius 3 is 2.57 bits per heavy atom. The van der Waals surface area contributed by atoms with Gasteiger partial charge in [-0.05, 0) is 25.1 Å². The molecule has 21 heavy (non-hydrogen) atoms. The van der Waals surface area contributed by atoms with Gasteiger partial charge in [-0.15, -0.1) is 0 Å². The Morgan fingerprint density at radius 2 is 2.00 bits per heavy atom. The maximum Gasteiger partial charge on any atom is 0.267 e. The van der Waals surface area contributed by atoms with Crippen LogP contribution in [0.25, 0.3) is 0 Å². The first-order valence-electron chi connectivity index (χ1n) is 5.87. The van der Waals surface area contributed by atoms with Crippen molar-refractivity contribution in [3.05, 3.63) is 34.8 Å². The zero-order chi connectivity index (χ0) is 15.6. The van der Waals surface area contributed by atoms with E-state index in [-0.39, 0.29) is 5.91 Å². The summed E-state index contributed by atoms with van der Waals surface area (Å²) in [4.78, 5) is 16.5. The van der Waals surface area contributed by atoms with E-state index in [1.165, 1.54) is 6.07 Å². The Hall–Kier alpha value is -2.13. The molecule has 1 aromatic carbocycles. The third-order valence-electron chi connectivity index (χ3n) is 2.44. The standard InChI is InChI=1S/C12H14N4O3S2/c1-7-10(20-12(13)14-7)11(17)15-8-4-3-5-9(6-8)16-21(2,18)19/h3-6,16H,1-2H3,(H2,13,14)(H,15,17). The Morgan fingerprint density at radius 1 is 1.33 bits per heavy atom. The minimum absolute atomic E-state index is 0.324. The molecule has 1 amide bonds. The molecule has 2 rings (SSSR count). The molecular formula is C12H14N4O3S2. The van der Waals surface area contributed by atoms with Crippen molar-refractivity contribution < 1.29 is 13.2 Å². The number of aromatic nitrogens is 1. The number of aryl methyl sites for hydroxylation is 1. The molecule has 0 aliphatic heterocycles. The molecule has 0 atom stereocenters. The summed E-state index contributed by atoms with van der Waals surface area (Å²) in [5.74, 6) is -0.335. The molecule has 112 valence electrons. The molecule has 1 aromatic heterocycles. The van der Waals surface area contributed by atoms with Crippen molar-refractivity contribution in [3.63, 3.8) is 0 Å². The van der Waals surface area contributed by atoms with Crippen LogP contribution < -0.4 is 15.8 Å². The molecule has 0 unspecified atom stereocenters. The SMILES string of the molecule is Cc1nc(N)sc1C(=O)Nc1cccc(NS(C)(=O)=O)c1. The van der Waals surface area contributed by atoms with Crippen molar-refractivity contribution in [2.24, 2.45) is 0 Å². The van der Waals surface area contributed by atoms with E-state index in [0.29, 0.717) is 27.1 Å². The van der Waals surface area contributed by atoms with Crippen molar-refractivity contribution in [3.8, 4) is 0 Å². The molecule has 9 heteroatoms. The lowest BCUT2D eigenvalue weighted by molar-refractivity contribution is 0.103. The number of nitrogens with two attached hydrogens (primary N) is 1. The lowest BCUT2D eigenvalue weighted by Gasteiger charge is -2.07. The highest BCUT2D eigenvalue weighted by Crippen LogP contribution is 2.22. The first kappa shape index (κ1) is 15.3. The van der Waals surface area contributed by atoms with E-state index in [1.54, 1.807) is 25.1 Å². The number of carbonyl (C=O) groups excluding carboxylic acids is 1. The molecule has 0 saturated heterocycles.